The van der Waals surface area contributed by atoms with Crippen LogP contribution in [0.3, 0.4) is 0 Å². The van der Waals surface area contributed by atoms with Crippen LogP contribution in [0.25, 0.3) is 0 Å². The van der Waals surface area contributed by atoms with Gasteiger partial charge in [-0.25, -0.2) is 0 Å². The van der Waals surface area contributed by atoms with Crippen molar-refractivity contribution < 1.29 is 14.3 Å². The Bertz CT molecular complexity index is 375. The number of ketones is 1. The first kappa shape index (κ1) is 13.7. The van der Waals surface area contributed by atoms with Crippen LogP contribution in [0, 0.1) is 0 Å². The largest absolute Gasteiger partial charge is 0.493 e. The molecule has 0 bridgehead atoms. The fourth-order valence-electron chi connectivity index (χ4n) is 1.58. The van der Waals surface area contributed by atoms with Crippen molar-refractivity contribution in [1.29, 1.82) is 0 Å². The van der Waals surface area contributed by atoms with E-state index < -0.39 is 5.60 Å². The molecule has 0 aliphatic carbocycles. The van der Waals surface area contributed by atoms with Gasteiger partial charge in [0, 0.05) is 20.1 Å². The molecule has 0 fully saturated rings. The van der Waals surface area contributed by atoms with Gasteiger partial charge in [-0.2, -0.15) is 5.10 Å². The predicted octanol–water partition coefficient (Wildman–Crippen LogP) is 1.91. The number of Topliss-reactive ketones (excluding diaryl/α,β-unsaturated/α-hetero) is 1. The van der Waals surface area contributed by atoms with Gasteiger partial charge in [0.15, 0.2) is 11.5 Å². The Morgan fingerprint density at radius 1 is 1.47 bits per heavy atom. The summed E-state index contributed by atoms with van der Waals surface area (Å²) in [5.74, 6) is 0.497. The third kappa shape index (κ3) is 3.06. The normalized spacial score (nSPS) is 11.6. The standard InChI is InChI=1S/C12H20N2O3/c1-6-14-11(10(16-4)8-13-14)9(15)7-12(2,3)17-5/h8H,6-7H2,1-5H3. The summed E-state index contributed by atoms with van der Waals surface area (Å²) in [5, 5.41) is 4.11. The number of rotatable bonds is 6. The highest BCUT2D eigenvalue weighted by Gasteiger charge is 2.26. The summed E-state index contributed by atoms with van der Waals surface area (Å²) in [5.41, 5.74) is 0.0328. The highest BCUT2D eigenvalue weighted by molar-refractivity contribution is 5.97. The topological polar surface area (TPSA) is 53.4 Å². The number of carbonyl (C=O) groups is 1. The van der Waals surface area contributed by atoms with Crippen LogP contribution in [0.1, 0.15) is 37.7 Å². The van der Waals surface area contributed by atoms with E-state index in [0.717, 1.165) is 0 Å². The van der Waals surface area contributed by atoms with Gasteiger partial charge in [-0.15, -0.1) is 0 Å². The third-order valence-corrected chi connectivity index (χ3v) is 2.73. The molecule has 0 amide bonds. The summed E-state index contributed by atoms with van der Waals surface area (Å²) in [6.45, 7) is 6.33. The summed E-state index contributed by atoms with van der Waals surface area (Å²) < 4.78 is 12.1. The maximum atomic E-state index is 12.2. The molecule has 1 heterocycles. The molecule has 0 aliphatic heterocycles. The molecule has 17 heavy (non-hydrogen) atoms. The minimum absolute atomic E-state index is 0.0203. The van der Waals surface area contributed by atoms with E-state index in [9.17, 15) is 4.79 Å². The van der Waals surface area contributed by atoms with Crippen molar-refractivity contribution in [1.82, 2.24) is 9.78 Å². The molecule has 96 valence electrons. The average molecular weight is 240 g/mol. The highest BCUT2D eigenvalue weighted by atomic mass is 16.5. The predicted molar refractivity (Wildman–Crippen MR) is 64.5 cm³/mol. The van der Waals surface area contributed by atoms with Gasteiger partial charge in [0.05, 0.1) is 18.9 Å². The highest BCUT2D eigenvalue weighted by Crippen LogP contribution is 2.23. The molecular formula is C12H20N2O3. The van der Waals surface area contributed by atoms with Crippen LogP contribution in [-0.2, 0) is 11.3 Å². The Kier molecular flexibility index (Phi) is 4.28. The second kappa shape index (κ2) is 5.31. The molecule has 0 radical (unpaired) electrons. The maximum Gasteiger partial charge on any atom is 0.187 e. The zero-order valence-electron chi connectivity index (χ0n) is 11.1. The van der Waals surface area contributed by atoms with Crippen LogP contribution in [0.15, 0.2) is 6.20 Å². The molecule has 1 aromatic heterocycles. The molecule has 0 spiro atoms. The van der Waals surface area contributed by atoms with Gasteiger partial charge in [0.1, 0.15) is 5.69 Å². The van der Waals surface area contributed by atoms with Crippen molar-refractivity contribution in [3.8, 4) is 5.75 Å². The van der Waals surface area contributed by atoms with Crippen molar-refractivity contribution in [2.24, 2.45) is 0 Å². The SMILES string of the molecule is CCn1ncc(OC)c1C(=O)CC(C)(C)OC. The van der Waals surface area contributed by atoms with Crippen molar-refractivity contribution in [2.45, 2.75) is 39.3 Å². The van der Waals surface area contributed by atoms with E-state index in [0.29, 0.717) is 24.4 Å². The molecule has 5 nitrogen and oxygen atoms in total. The second-order valence-electron chi connectivity index (χ2n) is 4.44. The minimum atomic E-state index is -0.481. The monoisotopic (exact) mass is 240 g/mol. The van der Waals surface area contributed by atoms with Crippen LogP contribution >= 0.6 is 0 Å². The number of ether oxygens (including phenoxy) is 2. The van der Waals surface area contributed by atoms with Crippen molar-refractivity contribution in [3.63, 3.8) is 0 Å². The zero-order valence-corrected chi connectivity index (χ0v) is 11.1. The third-order valence-electron chi connectivity index (χ3n) is 2.73. The number of aryl methyl sites for hydroxylation is 1. The number of methoxy groups -OCH3 is 2. The quantitative estimate of drug-likeness (QED) is 0.713. The Morgan fingerprint density at radius 3 is 2.59 bits per heavy atom. The molecule has 0 atom stereocenters. The molecule has 0 saturated heterocycles. The molecule has 5 heteroatoms. The molecule has 0 unspecified atom stereocenters. The number of carbonyl (C=O) groups excluding carboxylic acids is 1. The molecule has 0 N–H and O–H groups in total. The van der Waals surface area contributed by atoms with Gasteiger partial charge in [0.2, 0.25) is 0 Å². The van der Waals surface area contributed by atoms with Crippen molar-refractivity contribution in [2.75, 3.05) is 14.2 Å². The molecule has 1 rings (SSSR count). The summed E-state index contributed by atoms with van der Waals surface area (Å²) in [7, 11) is 3.14. The van der Waals surface area contributed by atoms with E-state index in [1.54, 1.807) is 18.0 Å². The van der Waals surface area contributed by atoms with Crippen molar-refractivity contribution >= 4 is 5.78 Å². The van der Waals surface area contributed by atoms with Crippen LogP contribution in [0.5, 0.6) is 5.75 Å². The number of hydrogen-bond acceptors (Lipinski definition) is 4. The second-order valence-corrected chi connectivity index (χ2v) is 4.44. The Labute approximate surface area is 102 Å². The van der Waals surface area contributed by atoms with Gasteiger partial charge in [-0.1, -0.05) is 0 Å². The summed E-state index contributed by atoms with van der Waals surface area (Å²) in [6, 6.07) is 0. The Hall–Kier alpha value is -1.36. The van der Waals surface area contributed by atoms with E-state index in [1.165, 1.54) is 7.11 Å². The number of nitrogens with zero attached hydrogens (tertiary/aromatic N) is 2. The van der Waals surface area contributed by atoms with Crippen LogP contribution in [-0.4, -0.2) is 35.4 Å². The minimum Gasteiger partial charge on any atom is -0.493 e. The Balaban J connectivity index is 2.98. The smallest absolute Gasteiger partial charge is 0.187 e. The lowest BCUT2D eigenvalue weighted by molar-refractivity contribution is 0.0168. The lowest BCUT2D eigenvalue weighted by atomic mass is 10.00. The van der Waals surface area contributed by atoms with Gasteiger partial charge < -0.3 is 9.47 Å². The average Bonchev–Trinajstić information content (AvgIpc) is 2.71. The first-order valence-electron chi connectivity index (χ1n) is 5.63. The first-order chi connectivity index (χ1) is 7.95. The first-order valence-corrected chi connectivity index (χ1v) is 5.63. The lowest BCUT2D eigenvalue weighted by Crippen LogP contribution is -2.27. The summed E-state index contributed by atoms with van der Waals surface area (Å²) >= 11 is 0. The van der Waals surface area contributed by atoms with Gasteiger partial charge in [0.25, 0.3) is 0 Å². The molecular weight excluding hydrogens is 220 g/mol. The molecule has 0 saturated carbocycles. The van der Waals surface area contributed by atoms with Gasteiger partial charge in [-0.3, -0.25) is 9.48 Å². The van der Waals surface area contributed by atoms with Crippen molar-refractivity contribution in [3.05, 3.63) is 11.9 Å². The van der Waals surface area contributed by atoms with E-state index >= 15 is 0 Å². The van der Waals surface area contributed by atoms with Crippen LogP contribution in [0.2, 0.25) is 0 Å². The number of hydrogen-bond donors (Lipinski definition) is 0. The van der Waals surface area contributed by atoms with E-state index in [1.807, 2.05) is 20.8 Å². The van der Waals surface area contributed by atoms with E-state index in [2.05, 4.69) is 5.10 Å². The van der Waals surface area contributed by atoms with E-state index in [-0.39, 0.29) is 5.78 Å². The Morgan fingerprint density at radius 2 is 2.12 bits per heavy atom. The molecule has 0 aromatic carbocycles. The van der Waals surface area contributed by atoms with Gasteiger partial charge in [-0.05, 0) is 20.8 Å². The summed E-state index contributed by atoms with van der Waals surface area (Å²) in [6.07, 6.45) is 1.86. The van der Waals surface area contributed by atoms with Crippen LogP contribution < -0.4 is 4.74 Å². The fourth-order valence-corrected chi connectivity index (χ4v) is 1.58. The number of aromatic nitrogens is 2. The maximum absolute atomic E-state index is 12.2. The molecule has 1 aromatic rings. The van der Waals surface area contributed by atoms with E-state index in [4.69, 9.17) is 9.47 Å². The van der Waals surface area contributed by atoms with Gasteiger partial charge >= 0.3 is 0 Å². The fraction of sp³-hybridized carbons (Fsp3) is 0.667. The molecule has 0 aliphatic rings. The summed E-state index contributed by atoms with van der Waals surface area (Å²) in [4.78, 5) is 12.2. The lowest BCUT2D eigenvalue weighted by Gasteiger charge is -2.22. The van der Waals surface area contributed by atoms with Crippen LogP contribution in [0.4, 0.5) is 0 Å². The zero-order chi connectivity index (χ0) is 13.1.